The van der Waals surface area contributed by atoms with Gasteiger partial charge in [0.15, 0.2) is 11.6 Å². The zero-order valence-corrected chi connectivity index (χ0v) is 11.9. The van der Waals surface area contributed by atoms with E-state index in [-0.39, 0.29) is 4.90 Å². The molecular formula is C13H15F2NO4S. The van der Waals surface area contributed by atoms with Gasteiger partial charge in [-0.25, -0.2) is 21.9 Å². The SMILES string of the molecule is O=C(O)C1CCC(NS(=O)(=O)c2ccc(F)c(F)c2)CC1. The van der Waals surface area contributed by atoms with Gasteiger partial charge in [-0.1, -0.05) is 0 Å². The lowest BCUT2D eigenvalue weighted by molar-refractivity contribution is -0.142. The average Bonchev–Trinajstić information content (AvgIpc) is 2.42. The van der Waals surface area contributed by atoms with Gasteiger partial charge in [0.05, 0.1) is 10.8 Å². The summed E-state index contributed by atoms with van der Waals surface area (Å²) < 4.78 is 52.4. The predicted molar refractivity (Wildman–Crippen MR) is 70.1 cm³/mol. The van der Waals surface area contributed by atoms with Crippen LogP contribution in [0.1, 0.15) is 25.7 Å². The molecule has 1 aromatic carbocycles. The summed E-state index contributed by atoms with van der Waals surface area (Å²) in [6.45, 7) is 0. The molecule has 0 atom stereocenters. The van der Waals surface area contributed by atoms with E-state index in [4.69, 9.17) is 5.11 Å². The lowest BCUT2D eigenvalue weighted by atomic mass is 9.87. The number of halogens is 2. The molecule has 1 aliphatic carbocycles. The summed E-state index contributed by atoms with van der Waals surface area (Å²) in [7, 11) is -3.94. The van der Waals surface area contributed by atoms with E-state index in [0.29, 0.717) is 31.7 Å². The number of carbonyl (C=O) groups is 1. The van der Waals surface area contributed by atoms with Crippen molar-refractivity contribution in [1.82, 2.24) is 4.72 Å². The van der Waals surface area contributed by atoms with Crippen molar-refractivity contribution in [3.8, 4) is 0 Å². The number of aliphatic carboxylic acids is 1. The van der Waals surface area contributed by atoms with E-state index in [2.05, 4.69) is 4.72 Å². The van der Waals surface area contributed by atoms with Crippen molar-refractivity contribution in [2.24, 2.45) is 5.92 Å². The Bertz CT molecular complexity index is 640. The summed E-state index contributed by atoms with van der Waals surface area (Å²) in [6.07, 6.45) is 1.58. The first-order valence-corrected chi connectivity index (χ1v) is 7.98. The summed E-state index contributed by atoms with van der Waals surface area (Å²) in [5, 5.41) is 8.88. The van der Waals surface area contributed by atoms with Crippen LogP contribution in [-0.4, -0.2) is 25.5 Å². The monoisotopic (exact) mass is 319 g/mol. The van der Waals surface area contributed by atoms with Gasteiger partial charge in [0.1, 0.15) is 0 Å². The first-order chi connectivity index (χ1) is 9.79. The summed E-state index contributed by atoms with van der Waals surface area (Å²) in [4.78, 5) is 10.5. The van der Waals surface area contributed by atoms with E-state index in [1.807, 2.05) is 0 Å². The second-order valence-electron chi connectivity index (χ2n) is 5.08. The molecule has 0 amide bonds. The van der Waals surface area contributed by atoms with Crippen LogP contribution in [0.2, 0.25) is 0 Å². The van der Waals surface area contributed by atoms with Gasteiger partial charge in [-0.15, -0.1) is 0 Å². The van der Waals surface area contributed by atoms with Gasteiger partial charge in [-0.2, -0.15) is 0 Å². The Morgan fingerprint density at radius 2 is 1.76 bits per heavy atom. The third-order valence-corrected chi connectivity index (χ3v) is 5.12. The molecule has 2 rings (SSSR count). The van der Waals surface area contributed by atoms with Gasteiger partial charge in [-0.05, 0) is 43.9 Å². The van der Waals surface area contributed by atoms with Gasteiger partial charge in [-0.3, -0.25) is 4.79 Å². The van der Waals surface area contributed by atoms with E-state index < -0.39 is 39.6 Å². The molecule has 0 radical (unpaired) electrons. The molecule has 1 aromatic rings. The largest absolute Gasteiger partial charge is 0.481 e. The summed E-state index contributed by atoms with van der Waals surface area (Å²) in [5.41, 5.74) is 0. The van der Waals surface area contributed by atoms with Crippen LogP contribution < -0.4 is 4.72 Å². The van der Waals surface area contributed by atoms with Crippen LogP contribution in [0.3, 0.4) is 0 Å². The fourth-order valence-corrected chi connectivity index (χ4v) is 3.71. The third-order valence-electron chi connectivity index (χ3n) is 3.60. The number of rotatable bonds is 4. The molecule has 116 valence electrons. The van der Waals surface area contributed by atoms with Gasteiger partial charge < -0.3 is 5.11 Å². The Morgan fingerprint density at radius 3 is 2.29 bits per heavy atom. The fraction of sp³-hybridized carbons (Fsp3) is 0.462. The topological polar surface area (TPSA) is 83.5 Å². The molecule has 0 heterocycles. The van der Waals surface area contributed by atoms with Crippen LogP contribution in [0.4, 0.5) is 8.78 Å². The molecule has 0 aromatic heterocycles. The zero-order valence-electron chi connectivity index (χ0n) is 11.1. The minimum atomic E-state index is -3.94. The van der Waals surface area contributed by atoms with Gasteiger partial charge >= 0.3 is 5.97 Å². The highest BCUT2D eigenvalue weighted by Crippen LogP contribution is 2.25. The number of carboxylic acid groups (broad SMARTS) is 1. The van der Waals surface area contributed by atoms with Crippen LogP contribution in [0.25, 0.3) is 0 Å². The van der Waals surface area contributed by atoms with E-state index in [9.17, 15) is 22.0 Å². The molecule has 21 heavy (non-hydrogen) atoms. The highest BCUT2D eigenvalue weighted by molar-refractivity contribution is 7.89. The first-order valence-electron chi connectivity index (χ1n) is 6.50. The summed E-state index contributed by atoms with van der Waals surface area (Å²) in [5.74, 6) is -3.67. The molecule has 5 nitrogen and oxygen atoms in total. The van der Waals surface area contributed by atoms with Crippen LogP contribution in [0.15, 0.2) is 23.1 Å². The Labute approximate surface area is 121 Å². The Kier molecular flexibility index (Phi) is 4.58. The van der Waals surface area contributed by atoms with E-state index >= 15 is 0 Å². The number of benzene rings is 1. The quantitative estimate of drug-likeness (QED) is 0.887. The highest BCUT2D eigenvalue weighted by atomic mass is 32.2. The maximum absolute atomic E-state index is 13.1. The Balaban J connectivity index is 2.05. The standard InChI is InChI=1S/C13H15F2NO4S/c14-11-6-5-10(7-12(11)15)21(19,20)16-9-3-1-8(2-4-9)13(17)18/h5-9,16H,1-4H2,(H,17,18). The van der Waals surface area contributed by atoms with Crippen molar-refractivity contribution in [3.63, 3.8) is 0 Å². The molecule has 0 spiro atoms. The lowest BCUT2D eigenvalue weighted by Crippen LogP contribution is -2.38. The number of carboxylic acids is 1. The van der Waals surface area contributed by atoms with Crippen molar-refractivity contribution in [3.05, 3.63) is 29.8 Å². The molecule has 0 aliphatic heterocycles. The number of sulfonamides is 1. The number of hydrogen-bond donors (Lipinski definition) is 2. The van der Waals surface area contributed by atoms with Crippen LogP contribution in [0.5, 0.6) is 0 Å². The maximum Gasteiger partial charge on any atom is 0.306 e. The second kappa shape index (κ2) is 6.07. The molecular weight excluding hydrogens is 304 g/mol. The summed E-state index contributed by atoms with van der Waals surface area (Å²) in [6, 6.07) is 1.98. The molecule has 2 N–H and O–H groups in total. The molecule has 1 aliphatic rings. The van der Waals surface area contributed by atoms with Crippen molar-refractivity contribution in [2.75, 3.05) is 0 Å². The number of nitrogens with one attached hydrogen (secondary N) is 1. The lowest BCUT2D eigenvalue weighted by Gasteiger charge is -2.26. The molecule has 8 heteroatoms. The second-order valence-corrected chi connectivity index (χ2v) is 6.80. The molecule has 0 saturated heterocycles. The van der Waals surface area contributed by atoms with Gasteiger partial charge in [0, 0.05) is 6.04 Å². The molecule has 1 fully saturated rings. The van der Waals surface area contributed by atoms with E-state index in [1.54, 1.807) is 0 Å². The van der Waals surface area contributed by atoms with Crippen molar-refractivity contribution in [2.45, 2.75) is 36.6 Å². The van der Waals surface area contributed by atoms with Gasteiger partial charge in [0.25, 0.3) is 0 Å². The molecule has 0 unspecified atom stereocenters. The van der Waals surface area contributed by atoms with Crippen LogP contribution >= 0.6 is 0 Å². The van der Waals surface area contributed by atoms with E-state index in [1.165, 1.54) is 0 Å². The smallest absolute Gasteiger partial charge is 0.306 e. The Morgan fingerprint density at radius 1 is 1.14 bits per heavy atom. The maximum atomic E-state index is 13.1. The highest BCUT2D eigenvalue weighted by Gasteiger charge is 2.29. The van der Waals surface area contributed by atoms with Crippen LogP contribution in [0, 0.1) is 17.6 Å². The molecule has 0 bridgehead atoms. The normalized spacial score (nSPS) is 23.0. The van der Waals surface area contributed by atoms with Gasteiger partial charge in [0.2, 0.25) is 10.0 Å². The number of hydrogen-bond acceptors (Lipinski definition) is 3. The minimum absolute atomic E-state index is 0.346. The third kappa shape index (κ3) is 3.76. The average molecular weight is 319 g/mol. The van der Waals surface area contributed by atoms with Crippen molar-refractivity contribution < 1.29 is 27.1 Å². The Hall–Kier alpha value is -1.54. The zero-order chi connectivity index (χ0) is 15.6. The van der Waals surface area contributed by atoms with Crippen molar-refractivity contribution >= 4 is 16.0 Å². The molecule has 1 saturated carbocycles. The minimum Gasteiger partial charge on any atom is -0.481 e. The summed E-state index contributed by atoms with van der Waals surface area (Å²) >= 11 is 0. The van der Waals surface area contributed by atoms with Crippen molar-refractivity contribution in [1.29, 1.82) is 0 Å². The van der Waals surface area contributed by atoms with Crippen LogP contribution in [-0.2, 0) is 14.8 Å². The first kappa shape index (κ1) is 15.8. The predicted octanol–water partition coefficient (Wildman–Crippen LogP) is 1.89. The fourth-order valence-electron chi connectivity index (χ4n) is 2.39. The van der Waals surface area contributed by atoms with E-state index in [0.717, 1.165) is 12.1 Å².